The van der Waals surface area contributed by atoms with E-state index < -0.39 is 0 Å². The number of hydrogen-bond donors (Lipinski definition) is 1. The van der Waals surface area contributed by atoms with Gasteiger partial charge in [-0.15, -0.1) is 0 Å². The van der Waals surface area contributed by atoms with Crippen LogP contribution in [0.2, 0.25) is 0 Å². The summed E-state index contributed by atoms with van der Waals surface area (Å²) in [5.74, 6) is 1.65. The molecule has 0 unspecified atom stereocenters. The number of nitrogens with zero attached hydrogens (tertiary/aromatic N) is 3. The van der Waals surface area contributed by atoms with Crippen molar-refractivity contribution in [3.05, 3.63) is 11.8 Å². The van der Waals surface area contributed by atoms with Crippen LogP contribution in [0.3, 0.4) is 0 Å². The molecule has 0 spiro atoms. The molecule has 1 aromatic heterocycles. The Morgan fingerprint density at radius 2 is 2.17 bits per heavy atom. The monoisotopic (exact) mass is 250 g/mol. The third-order valence-corrected chi connectivity index (χ3v) is 3.00. The van der Waals surface area contributed by atoms with Crippen LogP contribution in [-0.4, -0.2) is 43.3 Å². The first-order valence-electron chi connectivity index (χ1n) is 6.36. The first kappa shape index (κ1) is 13.1. The number of rotatable bonds is 2. The van der Waals surface area contributed by atoms with E-state index >= 15 is 0 Å². The Bertz CT molecular complexity index is 419. The van der Waals surface area contributed by atoms with Gasteiger partial charge < -0.3 is 15.0 Å². The predicted octanol–water partition coefficient (Wildman–Crippen LogP) is 1.69. The second-order valence-corrected chi connectivity index (χ2v) is 5.58. The van der Waals surface area contributed by atoms with Gasteiger partial charge in [0.15, 0.2) is 0 Å². The number of aryl methyl sites for hydroxylation is 1. The van der Waals surface area contributed by atoms with E-state index in [2.05, 4.69) is 34.0 Å². The molecule has 18 heavy (non-hydrogen) atoms. The Labute approximate surface area is 109 Å². The molecule has 0 amide bonds. The molecule has 1 aromatic rings. The van der Waals surface area contributed by atoms with E-state index in [1.807, 2.05) is 20.0 Å². The minimum absolute atomic E-state index is 0.128. The third-order valence-electron chi connectivity index (χ3n) is 3.00. The van der Waals surface area contributed by atoms with Crippen molar-refractivity contribution >= 4 is 11.8 Å². The highest BCUT2D eigenvalue weighted by Crippen LogP contribution is 2.23. The van der Waals surface area contributed by atoms with Crippen molar-refractivity contribution in [2.24, 2.45) is 5.41 Å². The molecule has 0 aliphatic carbocycles. The van der Waals surface area contributed by atoms with Crippen molar-refractivity contribution in [3.63, 3.8) is 0 Å². The summed E-state index contributed by atoms with van der Waals surface area (Å²) in [5.41, 5.74) is 1.11. The topological polar surface area (TPSA) is 50.3 Å². The minimum atomic E-state index is 0.128. The van der Waals surface area contributed by atoms with Gasteiger partial charge in [-0.05, 0) is 6.92 Å². The largest absolute Gasteiger partial charge is 0.379 e. The number of aromatic nitrogens is 2. The molecule has 2 rings (SSSR count). The molecule has 1 fully saturated rings. The fourth-order valence-corrected chi connectivity index (χ4v) is 2.16. The van der Waals surface area contributed by atoms with Gasteiger partial charge in [-0.2, -0.15) is 4.98 Å². The van der Waals surface area contributed by atoms with Crippen LogP contribution < -0.4 is 10.2 Å². The van der Waals surface area contributed by atoms with Crippen LogP contribution in [0.25, 0.3) is 0 Å². The highest BCUT2D eigenvalue weighted by Gasteiger charge is 2.26. The van der Waals surface area contributed by atoms with E-state index in [-0.39, 0.29) is 5.41 Å². The van der Waals surface area contributed by atoms with Crippen LogP contribution >= 0.6 is 0 Å². The van der Waals surface area contributed by atoms with Crippen LogP contribution in [0.15, 0.2) is 6.07 Å². The van der Waals surface area contributed by atoms with Crippen LogP contribution in [0.5, 0.6) is 0 Å². The summed E-state index contributed by atoms with van der Waals surface area (Å²) in [6, 6.07) is 1.95. The normalized spacial score (nSPS) is 19.4. The fourth-order valence-electron chi connectivity index (χ4n) is 2.16. The molecule has 0 radical (unpaired) electrons. The molecule has 5 heteroatoms. The second kappa shape index (κ2) is 5.10. The van der Waals surface area contributed by atoms with Gasteiger partial charge in [-0.1, -0.05) is 13.8 Å². The molecule has 0 bridgehead atoms. The van der Waals surface area contributed by atoms with E-state index in [0.29, 0.717) is 0 Å². The fraction of sp³-hybridized carbons (Fsp3) is 0.692. The summed E-state index contributed by atoms with van der Waals surface area (Å²) >= 11 is 0. The smallest absolute Gasteiger partial charge is 0.227 e. The van der Waals surface area contributed by atoms with Crippen molar-refractivity contribution < 1.29 is 4.74 Å². The lowest BCUT2D eigenvalue weighted by atomic mass is 9.94. The van der Waals surface area contributed by atoms with Crippen molar-refractivity contribution in [3.8, 4) is 0 Å². The van der Waals surface area contributed by atoms with Gasteiger partial charge in [0.1, 0.15) is 5.82 Å². The van der Waals surface area contributed by atoms with Crippen molar-refractivity contribution in [2.45, 2.75) is 20.8 Å². The highest BCUT2D eigenvalue weighted by molar-refractivity contribution is 5.43. The van der Waals surface area contributed by atoms with Gasteiger partial charge in [0.25, 0.3) is 0 Å². The number of anilines is 2. The molecule has 1 saturated heterocycles. The van der Waals surface area contributed by atoms with Crippen molar-refractivity contribution in [1.82, 2.24) is 9.97 Å². The third kappa shape index (κ3) is 3.10. The molecule has 5 nitrogen and oxygen atoms in total. The van der Waals surface area contributed by atoms with Crippen molar-refractivity contribution in [2.75, 3.05) is 43.6 Å². The minimum Gasteiger partial charge on any atom is -0.379 e. The van der Waals surface area contributed by atoms with Gasteiger partial charge in [0.2, 0.25) is 5.95 Å². The van der Waals surface area contributed by atoms with Crippen LogP contribution in [-0.2, 0) is 4.74 Å². The first-order valence-corrected chi connectivity index (χ1v) is 6.36. The Kier molecular flexibility index (Phi) is 3.71. The maximum atomic E-state index is 5.64. The number of ether oxygens (including phenoxy) is 1. The number of nitrogens with one attached hydrogen (secondary N) is 1. The van der Waals surface area contributed by atoms with Gasteiger partial charge in [-0.25, -0.2) is 4.98 Å². The van der Waals surface area contributed by atoms with E-state index in [9.17, 15) is 0 Å². The van der Waals surface area contributed by atoms with Crippen molar-refractivity contribution in [1.29, 1.82) is 0 Å². The summed E-state index contributed by atoms with van der Waals surface area (Å²) in [6.07, 6.45) is 0. The molecule has 0 atom stereocenters. The zero-order valence-electron chi connectivity index (χ0n) is 11.7. The molecule has 1 aliphatic rings. The first-order chi connectivity index (χ1) is 8.50. The van der Waals surface area contributed by atoms with E-state index in [1.165, 1.54) is 0 Å². The van der Waals surface area contributed by atoms with Gasteiger partial charge in [0.05, 0.1) is 13.2 Å². The Hall–Kier alpha value is -1.36. The second-order valence-electron chi connectivity index (χ2n) is 5.58. The average molecular weight is 250 g/mol. The SMILES string of the molecule is CNc1cc(C)nc(N2CCOCC(C)(C)C2)n1. The Morgan fingerprint density at radius 3 is 2.89 bits per heavy atom. The zero-order chi connectivity index (χ0) is 13.2. The molecule has 1 aliphatic heterocycles. The molecule has 0 saturated carbocycles. The molecule has 1 N–H and O–H groups in total. The standard InChI is InChI=1S/C13H22N4O/c1-10-7-11(14-4)16-12(15-10)17-5-6-18-9-13(2,3)8-17/h7H,5-6,8-9H2,1-4H3,(H,14,15,16). The highest BCUT2D eigenvalue weighted by atomic mass is 16.5. The zero-order valence-corrected chi connectivity index (χ0v) is 11.7. The molecule has 100 valence electrons. The summed E-state index contributed by atoms with van der Waals surface area (Å²) in [7, 11) is 1.88. The van der Waals surface area contributed by atoms with E-state index in [4.69, 9.17) is 4.74 Å². The molecule has 2 heterocycles. The lowest BCUT2D eigenvalue weighted by Crippen LogP contribution is -2.35. The van der Waals surface area contributed by atoms with Gasteiger partial charge >= 0.3 is 0 Å². The summed E-state index contributed by atoms with van der Waals surface area (Å²) in [4.78, 5) is 11.3. The van der Waals surface area contributed by atoms with Crippen LogP contribution in [0.1, 0.15) is 19.5 Å². The van der Waals surface area contributed by atoms with Crippen LogP contribution in [0.4, 0.5) is 11.8 Å². The quantitative estimate of drug-likeness (QED) is 0.865. The maximum absolute atomic E-state index is 5.64. The number of hydrogen-bond acceptors (Lipinski definition) is 5. The summed E-state index contributed by atoms with van der Waals surface area (Å²) < 4.78 is 5.64. The summed E-state index contributed by atoms with van der Waals surface area (Å²) in [5, 5.41) is 3.07. The maximum Gasteiger partial charge on any atom is 0.227 e. The molecular formula is C13H22N4O. The lowest BCUT2D eigenvalue weighted by molar-refractivity contribution is 0.0893. The predicted molar refractivity (Wildman–Crippen MR) is 73.1 cm³/mol. The molecule has 0 aromatic carbocycles. The molecular weight excluding hydrogens is 228 g/mol. The van der Waals surface area contributed by atoms with E-state index in [1.54, 1.807) is 0 Å². The lowest BCUT2D eigenvalue weighted by Gasteiger charge is -2.28. The Morgan fingerprint density at radius 1 is 1.39 bits per heavy atom. The summed E-state index contributed by atoms with van der Waals surface area (Å²) in [6.45, 7) is 9.69. The van der Waals surface area contributed by atoms with Gasteiger partial charge in [-0.3, -0.25) is 0 Å². The van der Waals surface area contributed by atoms with Gasteiger partial charge in [0, 0.05) is 37.3 Å². The average Bonchev–Trinajstić information content (AvgIpc) is 2.49. The van der Waals surface area contributed by atoms with Crippen LogP contribution in [0, 0.1) is 12.3 Å². The van der Waals surface area contributed by atoms with E-state index in [0.717, 1.165) is 43.8 Å². The Balaban J connectivity index is 2.26.